The second kappa shape index (κ2) is 4.77. The third-order valence-electron chi connectivity index (χ3n) is 1.70. The minimum Gasteiger partial charge on any atom is -0.410 e. The van der Waals surface area contributed by atoms with Crippen molar-refractivity contribution in [3.8, 4) is 6.07 Å². The molecule has 76 valence electrons. The first kappa shape index (κ1) is 10.7. The largest absolute Gasteiger partial charge is 0.410 e. The van der Waals surface area contributed by atoms with Gasteiger partial charge in [-0.2, -0.15) is 5.26 Å². The van der Waals surface area contributed by atoms with Gasteiger partial charge in [0.15, 0.2) is 0 Å². The van der Waals surface area contributed by atoms with Crippen molar-refractivity contribution in [3.63, 3.8) is 0 Å². The number of nitrogens with zero attached hydrogens (tertiary/aromatic N) is 2. The van der Waals surface area contributed by atoms with Gasteiger partial charge in [-0.05, 0) is 24.6 Å². The summed E-state index contributed by atoms with van der Waals surface area (Å²) < 4.78 is 0. The number of amides is 1. The standard InChI is InChI=1S/C10H9N3O2/c1-7-3-2-4-8(5-7)12-10(14)9(6-11)13-15/h2-5,15H,1H3,(H,12,14). The van der Waals surface area contributed by atoms with Crippen LogP contribution in [0.5, 0.6) is 0 Å². The van der Waals surface area contributed by atoms with Gasteiger partial charge < -0.3 is 10.5 Å². The summed E-state index contributed by atoms with van der Waals surface area (Å²) in [7, 11) is 0. The van der Waals surface area contributed by atoms with E-state index in [-0.39, 0.29) is 0 Å². The summed E-state index contributed by atoms with van der Waals surface area (Å²) in [4.78, 5) is 11.3. The topological polar surface area (TPSA) is 85.5 Å². The first-order chi connectivity index (χ1) is 7.17. The Morgan fingerprint density at radius 2 is 2.33 bits per heavy atom. The molecule has 0 atom stereocenters. The molecule has 1 aromatic rings. The van der Waals surface area contributed by atoms with E-state index in [1.54, 1.807) is 18.2 Å². The van der Waals surface area contributed by atoms with Crippen molar-refractivity contribution in [3.05, 3.63) is 29.8 Å². The summed E-state index contributed by atoms with van der Waals surface area (Å²) >= 11 is 0. The third-order valence-corrected chi connectivity index (χ3v) is 1.70. The van der Waals surface area contributed by atoms with Crippen molar-refractivity contribution >= 4 is 17.3 Å². The fraction of sp³-hybridized carbons (Fsp3) is 0.100. The van der Waals surface area contributed by atoms with E-state index in [9.17, 15) is 4.79 Å². The number of hydrogen-bond donors (Lipinski definition) is 2. The predicted octanol–water partition coefficient (Wildman–Crippen LogP) is 1.29. The molecule has 0 bridgehead atoms. The van der Waals surface area contributed by atoms with Crippen molar-refractivity contribution in [1.29, 1.82) is 5.26 Å². The van der Waals surface area contributed by atoms with Gasteiger partial charge in [0.25, 0.3) is 5.91 Å². The summed E-state index contributed by atoms with van der Waals surface area (Å²) in [6.07, 6.45) is 0. The van der Waals surface area contributed by atoms with Gasteiger partial charge in [0.2, 0.25) is 5.71 Å². The number of oxime groups is 1. The van der Waals surface area contributed by atoms with Gasteiger partial charge in [-0.3, -0.25) is 4.79 Å². The zero-order valence-electron chi connectivity index (χ0n) is 8.06. The molecule has 5 nitrogen and oxygen atoms in total. The molecule has 0 unspecified atom stereocenters. The molecule has 15 heavy (non-hydrogen) atoms. The molecule has 0 spiro atoms. The molecule has 0 saturated heterocycles. The summed E-state index contributed by atoms with van der Waals surface area (Å²) in [6, 6.07) is 8.54. The lowest BCUT2D eigenvalue weighted by Gasteiger charge is -2.03. The molecule has 1 aromatic carbocycles. The van der Waals surface area contributed by atoms with E-state index in [0.717, 1.165) is 5.56 Å². The Hall–Kier alpha value is -2.35. The van der Waals surface area contributed by atoms with E-state index in [4.69, 9.17) is 10.5 Å². The Labute approximate surface area is 86.6 Å². The molecule has 0 aliphatic rings. The number of nitriles is 1. The Bertz CT molecular complexity index is 446. The van der Waals surface area contributed by atoms with Crippen LogP contribution in [-0.4, -0.2) is 16.8 Å². The molecule has 0 aliphatic carbocycles. The third kappa shape index (κ3) is 2.81. The zero-order chi connectivity index (χ0) is 11.3. The van der Waals surface area contributed by atoms with E-state index >= 15 is 0 Å². The van der Waals surface area contributed by atoms with Crippen LogP contribution in [0, 0.1) is 18.3 Å². The van der Waals surface area contributed by atoms with Gasteiger partial charge in [0, 0.05) is 5.69 Å². The van der Waals surface area contributed by atoms with Crippen LogP contribution in [0.2, 0.25) is 0 Å². The van der Waals surface area contributed by atoms with Crippen LogP contribution >= 0.6 is 0 Å². The van der Waals surface area contributed by atoms with Crippen molar-refractivity contribution in [2.24, 2.45) is 5.16 Å². The quantitative estimate of drug-likeness (QED) is 0.431. The van der Waals surface area contributed by atoms with Crippen LogP contribution < -0.4 is 5.32 Å². The molecule has 1 amide bonds. The number of carbonyl (C=O) groups is 1. The Kier molecular flexibility index (Phi) is 3.41. The van der Waals surface area contributed by atoms with Crippen molar-refractivity contribution < 1.29 is 10.0 Å². The number of nitrogens with one attached hydrogen (secondary N) is 1. The van der Waals surface area contributed by atoms with Crippen molar-refractivity contribution in [1.82, 2.24) is 0 Å². The van der Waals surface area contributed by atoms with Crippen LogP contribution in [0.4, 0.5) is 5.69 Å². The van der Waals surface area contributed by atoms with Crippen molar-refractivity contribution in [2.45, 2.75) is 6.92 Å². The lowest BCUT2D eigenvalue weighted by atomic mass is 10.2. The molecule has 0 saturated carbocycles. The number of rotatable bonds is 2. The van der Waals surface area contributed by atoms with Gasteiger partial charge in [-0.1, -0.05) is 17.3 Å². The number of aryl methyl sites for hydroxylation is 1. The minimum absolute atomic E-state index is 0.552. The second-order valence-corrected chi connectivity index (χ2v) is 2.88. The normalized spacial score (nSPS) is 10.5. The predicted molar refractivity (Wildman–Crippen MR) is 54.6 cm³/mol. The maximum absolute atomic E-state index is 11.3. The molecule has 0 fully saturated rings. The van der Waals surface area contributed by atoms with E-state index in [2.05, 4.69) is 10.5 Å². The molecule has 5 heteroatoms. The molecular weight excluding hydrogens is 194 g/mol. The maximum atomic E-state index is 11.3. The molecule has 2 N–H and O–H groups in total. The number of hydrogen-bond acceptors (Lipinski definition) is 4. The SMILES string of the molecule is Cc1cccc(NC(=O)C(C#N)=NO)c1. The molecule has 0 heterocycles. The Morgan fingerprint density at radius 1 is 1.60 bits per heavy atom. The molecule has 0 aliphatic heterocycles. The zero-order valence-corrected chi connectivity index (χ0v) is 8.06. The molecule has 0 aromatic heterocycles. The average molecular weight is 203 g/mol. The number of benzene rings is 1. The first-order valence-electron chi connectivity index (χ1n) is 4.17. The fourth-order valence-corrected chi connectivity index (χ4v) is 1.03. The lowest BCUT2D eigenvalue weighted by molar-refractivity contribution is -0.110. The van der Waals surface area contributed by atoms with E-state index in [1.807, 2.05) is 13.0 Å². The number of anilines is 1. The number of carbonyl (C=O) groups excluding carboxylic acids is 1. The lowest BCUT2D eigenvalue weighted by Crippen LogP contribution is -2.21. The summed E-state index contributed by atoms with van der Waals surface area (Å²) in [6.45, 7) is 1.88. The van der Waals surface area contributed by atoms with Gasteiger partial charge in [0.1, 0.15) is 6.07 Å². The van der Waals surface area contributed by atoms with Crippen LogP contribution in [0.3, 0.4) is 0 Å². The fourth-order valence-electron chi connectivity index (χ4n) is 1.03. The summed E-state index contributed by atoms with van der Waals surface area (Å²) in [5.74, 6) is -0.731. The molecule has 0 radical (unpaired) electrons. The summed E-state index contributed by atoms with van der Waals surface area (Å²) in [5, 5.41) is 21.8. The van der Waals surface area contributed by atoms with Gasteiger partial charge in [-0.25, -0.2) is 0 Å². The highest BCUT2D eigenvalue weighted by Crippen LogP contribution is 2.09. The smallest absolute Gasteiger partial charge is 0.288 e. The van der Waals surface area contributed by atoms with Crippen LogP contribution in [0.1, 0.15) is 5.56 Å². The van der Waals surface area contributed by atoms with Gasteiger partial charge >= 0.3 is 0 Å². The summed E-state index contributed by atoms with van der Waals surface area (Å²) in [5.41, 5.74) is 0.958. The van der Waals surface area contributed by atoms with Crippen molar-refractivity contribution in [2.75, 3.05) is 5.32 Å². The highest BCUT2D eigenvalue weighted by molar-refractivity contribution is 6.48. The average Bonchev–Trinajstić information content (AvgIpc) is 2.19. The Morgan fingerprint density at radius 3 is 2.87 bits per heavy atom. The highest BCUT2D eigenvalue weighted by Gasteiger charge is 2.11. The second-order valence-electron chi connectivity index (χ2n) is 2.88. The van der Waals surface area contributed by atoms with Crippen LogP contribution in [0.25, 0.3) is 0 Å². The van der Waals surface area contributed by atoms with E-state index in [1.165, 1.54) is 6.07 Å². The van der Waals surface area contributed by atoms with Crippen LogP contribution in [-0.2, 0) is 4.79 Å². The monoisotopic (exact) mass is 203 g/mol. The minimum atomic E-state index is -0.731. The van der Waals surface area contributed by atoms with E-state index < -0.39 is 11.6 Å². The van der Waals surface area contributed by atoms with Gasteiger partial charge in [0.05, 0.1) is 0 Å². The van der Waals surface area contributed by atoms with Crippen LogP contribution in [0.15, 0.2) is 29.4 Å². The first-order valence-corrected chi connectivity index (χ1v) is 4.17. The van der Waals surface area contributed by atoms with Gasteiger partial charge in [-0.15, -0.1) is 0 Å². The van der Waals surface area contributed by atoms with E-state index in [0.29, 0.717) is 5.69 Å². The highest BCUT2D eigenvalue weighted by atomic mass is 16.4. The molecule has 1 rings (SSSR count). The maximum Gasteiger partial charge on any atom is 0.288 e. The Balaban J connectivity index is 2.80. The molecular formula is C10H9N3O2.